The Bertz CT molecular complexity index is 411. The lowest BCUT2D eigenvalue weighted by Crippen LogP contribution is -2.32. The van der Waals surface area contributed by atoms with E-state index in [1.807, 2.05) is 12.3 Å². The highest BCUT2D eigenvalue weighted by molar-refractivity contribution is 7.09. The van der Waals surface area contributed by atoms with E-state index in [4.69, 9.17) is 4.74 Å². The van der Waals surface area contributed by atoms with Crippen LogP contribution in [-0.4, -0.2) is 21.3 Å². The van der Waals surface area contributed by atoms with Gasteiger partial charge in [-0.05, 0) is 41.0 Å². The number of aliphatic hydroxyl groups is 1. The van der Waals surface area contributed by atoms with Crippen LogP contribution in [0.25, 0.3) is 0 Å². The number of thiazole rings is 1. The zero-order valence-electron chi connectivity index (χ0n) is 11.2. The average molecular weight is 255 g/mol. The van der Waals surface area contributed by atoms with E-state index in [2.05, 4.69) is 32.7 Å². The first kappa shape index (κ1) is 13.0. The Kier molecular flexibility index (Phi) is 3.09. The fraction of sp³-hybridized carbons (Fsp3) is 0.769. The molecular formula is C13H21NO2S. The molecule has 2 atom stereocenters. The fourth-order valence-electron chi connectivity index (χ4n) is 2.82. The normalized spacial score (nSPS) is 28.2. The van der Waals surface area contributed by atoms with Crippen molar-refractivity contribution in [3.8, 4) is 0 Å². The molecule has 4 heteroatoms. The Hall–Kier alpha value is -0.450. The summed E-state index contributed by atoms with van der Waals surface area (Å²) in [6.45, 7) is 10.2. The van der Waals surface area contributed by atoms with E-state index in [-0.39, 0.29) is 17.1 Å². The van der Waals surface area contributed by atoms with Crippen molar-refractivity contribution in [3.05, 3.63) is 16.1 Å². The zero-order valence-corrected chi connectivity index (χ0v) is 12.0. The van der Waals surface area contributed by atoms with E-state index in [0.29, 0.717) is 0 Å². The fourth-order valence-corrected chi connectivity index (χ4v) is 3.46. The van der Waals surface area contributed by atoms with Crippen molar-refractivity contribution >= 4 is 11.3 Å². The summed E-state index contributed by atoms with van der Waals surface area (Å²) in [5.74, 6) is 0.0963. The molecule has 1 saturated heterocycles. The van der Waals surface area contributed by atoms with Crippen LogP contribution in [0, 0.1) is 12.8 Å². The van der Waals surface area contributed by atoms with Crippen LogP contribution in [0.2, 0.25) is 0 Å². The smallest absolute Gasteiger partial charge is 0.102 e. The van der Waals surface area contributed by atoms with Crippen LogP contribution in [-0.2, 0) is 4.74 Å². The average Bonchev–Trinajstić information content (AvgIpc) is 2.66. The van der Waals surface area contributed by atoms with Crippen molar-refractivity contribution in [1.82, 2.24) is 4.98 Å². The van der Waals surface area contributed by atoms with Gasteiger partial charge in [0.2, 0.25) is 0 Å². The van der Waals surface area contributed by atoms with Crippen molar-refractivity contribution in [1.29, 1.82) is 0 Å². The summed E-state index contributed by atoms with van der Waals surface area (Å²) in [6, 6.07) is 0. The van der Waals surface area contributed by atoms with Crippen molar-refractivity contribution in [2.24, 2.45) is 5.92 Å². The van der Waals surface area contributed by atoms with E-state index in [1.165, 1.54) is 0 Å². The molecule has 0 aliphatic carbocycles. The maximum absolute atomic E-state index is 10.5. The van der Waals surface area contributed by atoms with Gasteiger partial charge in [-0.1, -0.05) is 0 Å². The van der Waals surface area contributed by atoms with Crippen LogP contribution < -0.4 is 0 Å². The molecule has 1 aliphatic rings. The first-order chi connectivity index (χ1) is 7.71. The molecule has 3 nitrogen and oxygen atoms in total. The minimum atomic E-state index is -0.531. The van der Waals surface area contributed by atoms with Gasteiger partial charge >= 0.3 is 0 Å². The van der Waals surface area contributed by atoms with E-state index < -0.39 is 6.10 Å². The van der Waals surface area contributed by atoms with E-state index >= 15 is 0 Å². The molecule has 1 fully saturated rings. The Labute approximate surface area is 107 Å². The number of rotatable bonds is 2. The predicted octanol–water partition coefficient (Wildman–Crippen LogP) is 3.08. The summed E-state index contributed by atoms with van der Waals surface area (Å²) in [6.07, 6.45) is 0.328. The Morgan fingerprint density at radius 2 is 2.12 bits per heavy atom. The number of aryl methyl sites for hydroxylation is 1. The Balaban J connectivity index is 2.23. The molecule has 0 spiro atoms. The maximum Gasteiger partial charge on any atom is 0.102 e. The first-order valence-corrected chi connectivity index (χ1v) is 6.89. The molecule has 17 heavy (non-hydrogen) atoms. The molecule has 2 heterocycles. The first-order valence-electron chi connectivity index (χ1n) is 6.01. The molecule has 0 saturated carbocycles. The molecule has 0 bridgehead atoms. The summed E-state index contributed by atoms with van der Waals surface area (Å²) in [5.41, 5.74) is 0.313. The van der Waals surface area contributed by atoms with E-state index in [0.717, 1.165) is 17.1 Å². The van der Waals surface area contributed by atoms with Crippen LogP contribution in [0.5, 0.6) is 0 Å². The molecule has 1 N–H and O–H groups in total. The summed E-state index contributed by atoms with van der Waals surface area (Å²) in [7, 11) is 0. The lowest BCUT2D eigenvalue weighted by Gasteiger charge is -2.29. The molecule has 1 aliphatic heterocycles. The Morgan fingerprint density at radius 1 is 1.47 bits per heavy atom. The largest absolute Gasteiger partial charge is 0.386 e. The van der Waals surface area contributed by atoms with Crippen LogP contribution in [0.4, 0.5) is 0 Å². The van der Waals surface area contributed by atoms with Gasteiger partial charge in [-0.25, -0.2) is 4.98 Å². The number of ether oxygens (including phenoxy) is 1. The molecule has 2 unspecified atom stereocenters. The van der Waals surface area contributed by atoms with Crippen molar-refractivity contribution < 1.29 is 9.84 Å². The molecule has 0 radical (unpaired) electrons. The van der Waals surface area contributed by atoms with Gasteiger partial charge in [-0.3, -0.25) is 0 Å². The molecule has 1 aromatic heterocycles. The van der Waals surface area contributed by atoms with Crippen LogP contribution >= 0.6 is 11.3 Å². The third-order valence-corrected chi connectivity index (χ3v) is 4.26. The van der Waals surface area contributed by atoms with Crippen LogP contribution in [0.1, 0.15) is 50.9 Å². The summed E-state index contributed by atoms with van der Waals surface area (Å²) in [4.78, 5) is 4.38. The van der Waals surface area contributed by atoms with Crippen LogP contribution in [0.3, 0.4) is 0 Å². The second kappa shape index (κ2) is 4.04. The highest BCUT2D eigenvalue weighted by atomic mass is 32.1. The van der Waals surface area contributed by atoms with Gasteiger partial charge < -0.3 is 9.84 Å². The maximum atomic E-state index is 10.5. The van der Waals surface area contributed by atoms with Gasteiger partial charge in [-0.2, -0.15) is 0 Å². The van der Waals surface area contributed by atoms with Gasteiger partial charge in [0.1, 0.15) is 6.10 Å². The van der Waals surface area contributed by atoms with Crippen molar-refractivity contribution in [2.75, 3.05) is 0 Å². The lowest BCUT2D eigenvalue weighted by molar-refractivity contribution is -0.0883. The van der Waals surface area contributed by atoms with Crippen LogP contribution in [0.15, 0.2) is 5.38 Å². The van der Waals surface area contributed by atoms with Gasteiger partial charge in [0.05, 0.1) is 21.9 Å². The topological polar surface area (TPSA) is 42.4 Å². The predicted molar refractivity (Wildman–Crippen MR) is 69.2 cm³/mol. The summed E-state index contributed by atoms with van der Waals surface area (Å²) >= 11 is 1.58. The Morgan fingerprint density at radius 3 is 2.53 bits per heavy atom. The molecule has 1 aromatic rings. The highest BCUT2D eigenvalue weighted by Gasteiger charge is 2.49. The second-order valence-corrected chi connectivity index (χ2v) is 7.07. The molecular weight excluding hydrogens is 234 g/mol. The third-order valence-electron chi connectivity index (χ3n) is 3.46. The monoisotopic (exact) mass is 255 g/mol. The van der Waals surface area contributed by atoms with E-state index in [1.54, 1.807) is 11.3 Å². The van der Waals surface area contributed by atoms with Crippen molar-refractivity contribution in [3.63, 3.8) is 0 Å². The van der Waals surface area contributed by atoms with Gasteiger partial charge in [0.25, 0.3) is 0 Å². The molecule has 0 aromatic carbocycles. The minimum absolute atomic E-state index is 0.0963. The van der Waals surface area contributed by atoms with E-state index in [9.17, 15) is 5.11 Å². The summed E-state index contributed by atoms with van der Waals surface area (Å²) < 4.78 is 6.01. The lowest BCUT2D eigenvalue weighted by atomic mass is 9.82. The SMILES string of the molecule is Cc1nc(C(O)C2CC(C)(C)OC2(C)C)cs1. The summed E-state index contributed by atoms with van der Waals surface area (Å²) in [5, 5.41) is 13.4. The molecule has 96 valence electrons. The number of hydrogen-bond acceptors (Lipinski definition) is 4. The molecule has 2 rings (SSSR count). The third kappa shape index (κ3) is 2.54. The molecule has 0 amide bonds. The quantitative estimate of drug-likeness (QED) is 0.883. The number of hydrogen-bond donors (Lipinski definition) is 1. The van der Waals surface area contributed by atoms with Gasteiger partial charge in [0.15, 0.2) is 0 Å². The standard InChI is InChI=1S/C13H21NO2S/c1-8-14-10(7-17-8)11(15)9-6-12(2,3)16-13(9,4)5/h7,9,11,15H,6H2,1-5H3. The number of nitrogens with zero attached hydrogens (tertiary/aromatic N) is 1. The zero-order chi connectivity index (χ0) is 12.8. The van der Waals surface area contributed by atoms with Gasteiger partial charge in [-0.15, -0.1) is 11.3 Å². The van der Waals surface area contributed by atoms with Crippen molar-refractivity contribution in [2.45, 2.75) is 58.3 Å². The minimum Gasteiger partial charge on any atom is -0.386 e. The number of aromatic nitrogens is 1. The second-order valence-electron chi connectivity index (χ2n) is 6.01. The number of aliphatic hydroxyl groups excluding tert-OH is 1. The highest BCUT2D eigenvalue weighted by Crippen LogP contribution is 2.47. The van der Waals surface area contributed by atoms with Gasteiger partial charge in [0, 0.05) is 11.3 Å².